The highest BCUT2D eigenvalue weighted by molar-refractivity contribution is 5.83. The molecular formula is C27H30FN3O2. The van der Waals surface area contributed by atoms with Crippen LogP contribution in [0, 0.1) is 23.7 Å². The molecule has 5 nitrogen and oxygen atoms in total. The third-order valence-electron chi connectivity index (χ3n) is 6.50. The van der Waals surface area contributed by atoms with Crippen LogP contribution < -0.4 is 4.74 Å². The summed E-state index contributed by atoms with van der Waals surface area (Å²) >= 11 is 0. The zero-order chi connectivity index (χ0) is 23.0. The van der Waals surface area contributed by atoms with Crippen molar-refractivity contribution in [2.75, 3.05) is 33.4 Å². The van der Waals surface area contributed by atoms with Crippen LogP contribution >= 0.6 is 0 Å². The van der Waals surface area contributed by atoms with E-state index in [2.05, 4.69) is 26.7 Å². The SMILES string of the molecule is COc1ccc2nccc(C(F)CC[C@@H]3CCN(CC#Cc4ccccn4)C[C@@H]3CO)c2c1. The van der Waals surface area contributed by atoms with Crippen LogP contribution in [-0.2, 0) is 0 Å². The van der Waals surface area contributed by atoms with Crippen LogP contribution in [0.4, 0.5) is 4.39 Å². The van der Waals surface area contributed by atoms with E-state index < -0.39 is 6.17 Å². The average molecular weight is 448 g/mol. The third-order valence-corrected chi connectivity index (χ3v) is 6.50. The molecule has 0 aliphatic carbocycles. The Balaban J connectivity index is 1.34. The molecule has 1 aliphatic heterocycles. The predicted octanol–water partition coefficient (Wildman–Crippen LogP) is 4.41. The number of aliphatic hydroxyl groups excluding tert-OH is 1. The van der Waals surface area contributed by atoms with E-state index in [-0.39, 0.29) is 12.5 Å². The maximum atomic E-state index is 15.3. The van der Waals surface area contributed by atoms with Crippen molar-refractivity contribution >= 4 is 10.9 Å². The van der Waals surface area contributed by atoms with Gasteiger partial charge in [0, 0.05) is 30.9 Å². The van der Waals surface area contributed by atoms with Crippen molar-refractivity contribution in [2.24, 2.45) is 11.8 Å². The molecule has 1 unspecified atom stereocenters. The Morgan fingerprint density at radius 2 is 2.09 bits per heavy atom. The summed E-state index contributed by atoms with van der Waals surface area (Å²) in [6.07, 6.45) is 4.43. The summed E-state index contributed by atoms with van der Waals surface area (Å²) in [6.45, 7) is 2.45. The fourth-order valence-electron chi connectivity index (χ4n) is 4.63. The Morgan fingerprint density at radius 3 is 2.88 bits per heavy atom. The Morgan fingerprint density at radius 1 is 1.18 bits per heavy atom. The standard InChI is InChI=1S/C27H30FN3O2/c1-33-23-8-10-27-25(17-23)24(11-14-30-27)26(28)9-7-20-12-16-31(18-21(20)19-32)15-4-6-22-5-2-3-13-29-22/h2-3,5,8,10-11,13-14,17,20-21,26,32H,7,9,12,15-16,18-19H2,1H3/t20-,21-,26?/m1/s1. The lowest BCUT2D eigenvalue weighted by Crippen LogP contribution is -2.42. The first-order chi connectivity index (χ1) is 16.2. The largest absolute Gasteiger partial charge is 0.497 e. The molecule has 3 heterocycles. The quantitative estimate of drug-likeness (QED) is 0.544. The molecule has 3 atom stereocenters. The first kappa shape index (κ1) is 23.2. The number of aromatic nitrogens is 2. The van der Waals surface area contributed by atoms with E-state index in [0.29, 0.717) is 30.2 Å². The molecular weight excluding hydrogens is 417 g/mol. The zero-order valence-electron chi connectivity index (χ0n) is 19.0. The lowest BCUT2D eigenvalue weighted by molar-refractivity contribution is 0.0708. The van der Waals surface area contributed by atoms with Crippen LogP contribution in [0.3, 0.4) is 0 Å². The number of rotatable bonds is 7. The highest BCUT2D eigenvalue weighted by Crippen LogP contribution is 2.35. The van der Waals surface area contributed by atoms with Gasteiger partial charge in [0.25, 0.3) is 0 Å². The number of ether oxygens (including phenoxy) is 1. The Hall–Kier alpha value is -3.01. The summed E-state index contributed by atoms with van der Waals surface area (Å²) in [5, 5.41) is 10.8. The molecule has 1 aromatic carbocycles. The van der Waals surface area contributed by atoms with E-state index in [0.717, 1.165) is 42.5 Å². The van der Waals surface area contributed by atoms with Gasteiger partial charge >= 0.3 is 0 Å². The molecule has 33 heavy (non-hydrogen) atoms. The summed E-state index contributed by atoms with van der Waals surface area (Å²) in [5.74, 6) is 7.41. The number of pyridine rings is 2. The number of fused-ring (bicyclic) bond motifs is 1. The number of alkyl halides is 1. The van der Waals surface area contributed by atoms with Crippen LogP contribution in [0.2, 0.25) is 0 Å². The summed E-state index contributed by atoms with van der Waals surface area (Å²) in [4.78, 5) is 10.8. The molecule has 0 spiro atoms. The maximum Gasteiger partial charge on any atom is 0.126 e. The van der Waals surface area contributed by atoms with Gasteiger partial charge in [0.15, 0.2) is 0 Å². The maximum absolute atomic E-state index is 15.3. The third kappa shape index (κ3) is 5.87. The molecule has 4 rings (SSSR count). The number of nitrogens with zero attached hydrogens (tertiary/aromatic N) is 3. The number of likely N-dealkylation sites (tertiary alicyclic amines) is 1. The minimum atomic E-state index is -1.08. The van der Waals surface area contributed by atoms with E-state index in [1.807, 2.05) is 36.4 Å². The van der Waals surface area contributed by atoms with Crippen molar-refractivity contribution in [3.05, 3.63) is 66.1 Å². The minimum absolute atomic E-state index is 0.112. The first-order valence-electron chi connectivity index (χ1n) is 11.5. The van der Waals surface area contributed by atoms with Crippen molar-refractivity contribution in [1.29, 1.82) is 0 Å². The summed E-state index contributed by atoms with van der Waals surface area (Å²) in [7, 11) is 1.61. The lowest BCUT2D eigenvalue weighted by Gasteiger charge is -2.37. The van der Waals surface area contributed by atoms with Crippen LogP contribution in [0.15, 0.2) is 54.9 Å². The zero-order valence-corrected chi connectivity index (χ0v) is 19.0. The fraction of sp³-hybridized carbons (Fsp3) is 0.407. The molecule has 0 bridgehead atoms. The lowest BCUT2D eigenvalue weighted by atomic mass is 9.81. The Labute approximate surface area is 194 Å². The van der Waals surface area contributed by atoms with Crippen molar-refractivity contribution in [2.45, 2.75) is 25.4 Å². The van der Waals surface area contributed by atoms with Crippen molar-refractivity contribution in [3.8, 4) is 17.6 Å². The fourth-order valence-corrected chi connectivity index (χ4v) is 4.63. The predicted molar refractivity (Wildman–Crippen MR) is 128 cm³/mol. The van der Waals surface area contributed by atoms with Gasteiger partial charge in [-0.3, -0.25) is 9.88 Å². The number of halogens is 1. The second kappa shape index (κ2) is 11.2. The molecule has 1 fully saturated rings. The number of hydrogen-bond acceptors (Lipinski definition) is 5. The van der Waals surface area contributed by atoms with Crippen LogP contribution in [-0.4, -0.2) is 53.3 Å². The molecule has 1 saturated heterocycles. The smallest absolute Gasteiger partial charge is 0.126 e. The molecule has 0 saturated carbocycles. The molecule has 1 aliphatic rings. The number of benzene rings is 1. The monoisotopic (exact) mass is 447 g/mol. The first-order valence-corrected chi connectivity index (χ1v) is 11.5. The van der Waals surface area contributed by atoms with Crippen LogP contribution in [0.1, 0.15) is 36.7 Å². The molecule has 1 N–H and O–H groups in total. The van der Waals surface area contributed by atoms with Crippen molar-refractivity contribution < 1.29 is 14.2 Å². The number of aliphatic hydroxyl groups is 1. The van der Waals surface area contributed by atoms with E-state index >= 15 is 4.39 Å². The van der Waals surface area contributed by atoms with Gasteiger partial charge < -0.3 is 9.84 Å². The molecule has 6 heteroatoms. The number of hydrogen-bond donors (Lipinski definition) is 1. The Kier molecular flexibility index (Phi) is 7.87. The summed E-state index contributed by atoms with van der Waals surface area (Å²) in [5.41, 5.74) is 2.19. The van der Waals surface area contributed by atoms with Gasteiger partial charge in [0.2, 0.25) is 0 Å². The number of methoxy groups -OCH3 is 1. The van der Waals surface area contributed by atoms with Gasteiger partial charge in [0.1, 0.15) is 17.6 Å². The van der Waals surface area contributed by atoms with Gasteiger partial charge in [0.05, 0.1) is 19.2 Å². The molecule has 172 valence electrons. The van der Waals surface area contributed by atoms with E-state index in [9.17, 15) is 5.11 Å². The summed E-state index contributed by atoms with van der Waals surface area (Å²) in [6, 6.07) is 13.0. The minimum Gasteiger partial charge on any atom is -0.497 e. The van der Waals surface area contributed by atoms with Crippen molar-refractivity contribution in [1.82, 2.24) is 14.9 Å². The highest BCUT2D eigenvalue weighted by atomic mass is 19.1. The number of piperidine rings is 1. The van der Waals surface area contributed by atoms with Gasteiger partial charge in [-0.05, 0) is 85.5 Å². The van der Waals surface area contributed by atoms with Gasteiger partial charge in [-0.2, -0.15) is 0 Å². The Bertz CT molecular complexity index is 1110. The van der Waals surface area contributed by atoms with E-state index in [4.69, 9.17) is 4.74 Å². The average Bonchev–Trinajstić information content (AvgIpc) is 2.87. The van der Waals surface area contributed by atoms with Crippen LogP contribution in [0.5, 0.6) is 5.75 Å². The highest BCUT2D eigenvalue weighted by Gasteiger charge is 2.29. The van der Waals surface area contributed by atoms with Gasteiger partial charge in [-0.25, -0.2) is 9.37 Å². The van der Waals surface area contributed by atoms with Gasteiger partial charge in [-0.15, -0.1) is 0 Å². The van der Waals surface area contributed by atoms with Crippen LogP contribution in [0.25, 0.3) is 10.9 Å². The van der Waals surface area contributed by atoms with E-state index in [1.165, 1.54) is 0 Å². The van der Waals surface area contributed by atoms with E-state index in [1.54, 1.807) is 25.6 Å². The molecule has 2 aromatic heterocycles. The second-order valence-electron chi connectivity index (χ2n) is 8.57. The van der Waals surface area contributed by atoms with Crippen molar-refractivity contribution in [3.63, 3.8) is 0 Å². The topological polar surface area (TPSA) is 58.5 Å². The normalized spacial score (nSPS) is 19.6. The molecule has 0 amide bonds. The summed E-state index contributed by atoms with van der Waals surface area (Å²) < 4.78 is 20.6. The second-order valence-corrected chi connectivity index (χ2v) is 8.57. The molecule has 3 aromatic rings. The van der Waals surface area contributed by atoms with Gasteiger partial charge in [-0.1, -0.05) is 12.0 Å². The molecule has 0 radical (unpaired) electrons.